The first-order chi connectivity index (χ1) is 60.9. The molecule has 4 fully saturated rings. The molecule has 0 radical (unpaired) electrons. The molecular formula is C121H92N2. The van der Waals surface area contributed by atoms with Crippen LogP contribution in [0.5, 0.6) is 0 Å². The van der Waals surface area contributed by atoms with Gasteiger partial charge in [-0.2, -0.15) is 0 Å². The molecule has 0 saturated heterocycles. The van der Waals surface area contributed by atoms with Gasteiger partial charge in [-0.15, -0.1) is 0 Å². The zero-order valence-corrected chi connectivity index (χ0v) is 69.3. The molecule has 0 aliphatic heterocycles. The molecular weight excluding hydrogens is 1480 g/mol. The molecule has 2 heteroatoms. The highest BCUT2D eigenvalue weighted by atomic mass is 15.2. The minimum atomic E-state index is -0.190. The Labute approximate surface area is 721 Å². The highest BCUT2D eigenvalue weighted by molar-refractivity contribution is 6.12. The van der Waals surface area contributed by atoms with Crippen LogP contribution >= 0.6 is 0 Å². The Morgan fingerprint density at radius 3 is 1.29 bits per heavy atom. The maximum absolute atomic E-state index is 2.70. The summed E-state index contributed by atoms with van der Waals surface area (Å²) in [6.07, 6.45) is 11.0. The van der Waals surface area contributed by atoms with Gasteiger partial charge < -0.3 is 9.80 Å². The fraction of sp³-hybridized carbons (Fsp3) is 0.140. The number of para-hydroxylation sites is 1. The van der Waals surface area contributed by atoms with E-state index in [9.17, 15) is 0 Å². The maximum atomic E-state index is 2.70. The van der Waals surface area contributed by atoms with Crippen molar-refractivity contribution in [1.29, 1.82) is 0 Å². The molecule has 123 heavy (non-hydrogen) atoms. The smallest absolute Gasteiger partial charge is 0.0540 e. The predicted octanol–water partition coefficient (Wildman–Crippen LogP) is 32.8. The molecule has 4 saturated carbocycles. The van der Waals surface area contributed by atoms with Crippen LogP contribution in [-0.2, 0) is 17.3 Å². The second kappa shape index (κ2) is 28.6. The molecule has 0 amide bonds. The van der Waals surface area contributed by atoms with Gasteiger partial charge in [0.05, 0.1) is 11.4 Å². The summed E-state index contributed by atoms with van der Waals surface area (Å²) < 4.78 is 0. The van der Waals surface area contributed by atoms with Crippen LogP contribution in [0.25, 0.3) is 144 Å². The Kier molecular flexibility index (Phi) is 16.7. The van der Waals surface area contributed by atoms with Crippen LogP contribution in [0.2, 0.25) is 0 Å². The molecule has 25 rings (SSSR count). The van der Waals surface area contributed by atoms with Crippen molar-refractivity contribution < 1.29 is 0 Å². The van der Waals surface area contributed by atoms with Gasteiger partial charge in [-0.3, -0.25) is 0 Å². The molecule has 18 aromatic carbocycles. The standard InChI is InChI=1S/C121H92N2/c1-77-68-111-104(96-35-13-10-31-91(77)96)46-25-49-118(111)123(117-48-23-21-43-110(117)102-40-18-16-38-100(102)97-36-14-11-33-92(97)80-26-4-2-5-27-80)90-62-66-109-107-64-55-85(72-114(107)121(116(109)74-90)76-79-51-58-87(121)70-79)84-56-67-119(112(71-84)103-41-19-17-39-101(103)98-37-15-12-34-93(98)81-28-6-3-7-29-81)122(88-59-52-83(53-60-88)95-44-24-45-99-94-32-9-8-30-82(94)54-63-105(95)99)89-61-65-108-106-42-20-22-47-113(106)120(115(108)73-89)75-78-50-57-86(120)69-78/h2-49,52-56,59-67,71-74,77-79,86-87H,50-51,57-58,68-70,75-76H2,1H3. The van der Waals surface area contributed by atoms with Crippen LogP contribution in [0.1, 0.15) is 97.6 Å². The molecule has 7 atom stereocenters. The average Bonchev–Trinajstić information content (AvgIpc) is 1.53. The Morgan fingerprint density at radius 2 is 0.659 bits per heavy atom. The van der Waals surface area contributed by atoms with Gasteiger partial charge in [-0.05, 0) is 307 Å². The molecule has 0 N–H and O–H groups in total. The highest BCUT2D eigenvalue weighted by Crippen LogP contribution is 2.69. The summed E-state index contributed by atoms with van der Waals surface area (Å²) in [5.41, 5.74) is 43.3. The van der Waals surface area contributed by atoms with E-state index >= 15 is 0 Å². The summed E-state index contributed by atoms with van der Waals surface area (Å²) in [7, 11) is 0. The lowest BCUT2D eigenvalue weighted by molar-refractivity contribution is 0.327. The quantitative estimate of drug-likeness (QED) is 0.100. The van der Waals surface area contributed by atoms with E-state index < -0.39 is 0 Å². The molecule has 0 heterocycles. The van der Waals surface area contributed by atoms with Crippen LogP contribution in [0, 0.1) is 23.7 Å². The van der Waals surface area contributed by atoms with Gasteiger partial charge in [0.15, 0.2) is 0 Å². The van der Waals surface area contributed by atoms with E-state index in [-0.39, 0.29) is 10.8 Å². The van der Waals surface area contributed by atoms with Gasteiger partial charge in [0, 0.05) is 44.7 Å². The molecule has 7 unspecified atom stereocenters. The maximum Gasteiger partial charge on any atom is 0.0540 e. The third-order valence-electron chi connectivity index (χ3n) is 30.3. The van der Waals surface area contributed by atoms with E-state index in [0.29, 0.717) is 23.7 Å². The third kappa shape index (κ3) is 11.2. The molecule has 18 aromatic rings. The summed E-state index contributed by atoms with van der Waals surface area (Å²) in [5.74, 6) is 2.84. The molecule has 2 spiro atoms. The van der Waals surface area contributed by atoms with Gasteiger partial charge in [0.2, 0.25) is 0 Å². The zero-order chi connectivity index (χ0) is 81.0. The summed E-state index contributed by atoms with van der Waals surface area (Å²) in [6, 6.07) is 154. The number of benzene rings is 18. The van der Waals surface area contributed by atoms with E-state index in [1.54, 1.807) is 5.56 Å². The van der Waals surface area contributed by atoms with E-state index in [1.165, 1.54) is 239 Å². The fourth-order valence-electron chi connectivity index (χ4n) is 25.1. The summed E-state index contributed by atoms with van der Waals surface area (Å²) in [6.45, 7) is 2.43. The van der Waals surface area contributed by atoms with E-state index in [4.69, 9.17) is 0 Å². The van der Waals surface area contributed by atoms with Crippen molar-refractivity contribution in [2.75, 3.05) is 9.80 Å². The van der Waals surface area contributed by atoms with Gasteiger partial charge in [0.25, 0.3) is 0 Å². The number of nitrogens with zero attached hydrogens (tertiary/aromatic N) is 2. The monoisotopic (exact) mass is 1570 g/mol. The van der Waals surface area contributed by atoms with Crippen LogP contribution < -0.4 is 9.80 Å². The van der Waals surface area contributed by atoms with Crippen LogP contribution in [0.3, 0.4) is 0 Å². The lowest BCUT2D eigenvalue weighted by atomic mass is 9.66. The minimum absolute atomic E-state index is 0.0212. The topological polar surface area (TPSA) is 6.48 Å². The van der Waals surface area contributed by atoms with Crippen molar-refractivity contribution in [3.05, 3.63) is 434 Å². The minimum Gasteiger partial charge on any atom is -0.310 e. The summed E-state index contributed by atoms with van der Waals surface area (Å²) in [5, 5.41) is 5.08. The zero-order valence-electron chi connectivity index (χ0n) is 69.3. The second-order valence-electron chi connectivity index (χ2n) is 36.4. The number of hydrogen-bond donors (Lipinski definition) is 0. The SMILES string of the molecule is CC1Cc2c(cccc2N(c2ccc3c(c2)C2(CC4CCC2C4)c2cc(-c4ccc(N(c5ccc(-c6cccc7c6ccc6ccccc67)cc5)c5ccc6c(c5)C5(CC7CCC5C7)c5ccccc5-6)c(-c5ccccc5-c5ccccc5-c5ccccc5)c4)ccc2-3)c2ccccc2-c2ccccc2-c2ccccc2-c2ccccc2)-c2ccccc21. The van der Waals surface area contributed by atoms with Crippen molar-refractivity contribution in [2.45, 2.75) is 81.5 Å². The third-order valence-corrected chi connectivity index (χ3v) is 30.3. The number of anilines is 6. The molecule has 586 valence electrons. The lowest BCUT2D eigenvalue weighted by Crippen LogP contribution is -2.32. The predicted molar refractivity (Wildman–Crippen MR) is 515 cm³/mol. The molecule has 0 aromatic heterocycles. The largest absolute Gasteiger partial charge is 0.310 e. The van der Waals surface area contributed by atoms with Crippen molar-refractivity contribution >= 4 is 55.7 Å². The van der Waals surface area contributed by atoms with Crippen molar-refractivity contribution in [1.82, 2.24) is 0 Å². The normalized spacial score (nSPS) is 19.4. The molecule has 2 nitrogen and oxygen atoms in total. The number of fused-ring (bicyclic) bond motifs is 22. The van der Waals surface area contributed by atoms with Crippen molar-refractivity contribution in [2.24, 2.45) is 23.7 Å². The lowest BCUT2D eigenvalue weighted by Gasteiger charge is -2.38. The molecule has 7 aliphatic carbocycles. The number of rotatable bonds is 14. The molecule has 4 bridgehead atoms. The van der Waals surface area contributed by atoms with Crippen LogP contribution in [-0.4, -0.2) is 0 Å². The van der Waals surface area contributed by atoms with Gasteiger partial charge in [-0.1, -0.05) is 353 Å². The Hall–Kier alpha value is -13.9. The Morgan fingerprint density at radius 1 is 0.236 bits per heavy atom. The van der Waals surface area contributed by atoms with Crippen molar-refractivity contribution in [3.63, 3.8) is 0 Å². The van der Waals surface area contributed by atoms with Gasteiger partial charge in [0.1, 0.15) is 0 Å². The first-order valence-electron chi connectivity index (χ1n) is 44.9. The highest BCUT2D eigenvalue weighted by Gasteiger charge is 2.59. The van der Waals surface area contributed by atoms with E-state index in [0.717, 1.165) is 30.1 Å². The fourth-order valence-corrected chi connectivity index (χ4v) is 25.1. The van der Waals surface area contributed by atoms with Gasteiger partial charge >= 0.3 is 0 Å². The average molecular weight is 1570 g/mol. The first kappa shape index (κ1) is 71.9. The van der Waals surface area contributed by atoms with Crippen molar-refractivity contribution in [3.8, 4) is 122 Å². The van der Waals surface area contributed by atoms with Gasteiger partial charge in [-0.25, -0.2) is 0 Å². The molecule has 7 aliphatic rings. The van der Waals surface area contributed by atoms with E-state index in [1.807, 2.05) is 0 Å². The van der Waals surface area contributed by atoms with E-state index in [2.05, 4.69) is 417 Å². The van der Waals surface area contributed by atoms with Crippen LogP contribution in [0.15, 0.2) is 400 Å². The second-order valence-corrected chi connectivity index (χ2v) is 36.4. The summed E-state index contributed by atoms with van der Waals surface area (Å²) >= 11 is 0. The Bertz CT molecular complexity index is 7310. The summed E-state index contributed by atoms with van der Waals surface area (Å²) in [4.78, 5) is 5.33. The number of hydrogen-bond acceptors (Lipinski definition) is 2. The first-order valence-corrected chi connectivity index (χ1v) is 44.9. The Balaban J connectivity index is 0.677. The van der Waals surface area contributed by atoms with Crippen LogP contribution in [0.4, 0.5) is 34.1 Å².